The first-order chi connectivity index (χ1) is 9.88. The number of hydrogen-bond acceptors (Lipinski definition) is 3. The molecule has 0 bridgehead atoms. The summed E-state index contributed by atoms with van der Waals surface area (Å²) in [5, 5.41) is 3.10. The fourth-order valence-electron chi connectivity index (χ4n) is 1.94. The van der Waals surface area contributed by atoms with E-state index in [4.69, 9.17) is 11.6 Å². The van der Waals surface area contributed by atoms with Crippen molar-refractivity contribution in [1.29, 1.82) is 0 Å². The van der Waals surface area contributed by atoms with E-state index in [9.17, 15) is 13.2 Å². The number of hydrogen-bond donors (Lipinski definition) is 1. The van der Waals surface area contributed by atoms with Crippen LogP contribution >= 0.6 is 11.6 Å². The van der Waals surface area contributed by atoms with Gasteiger partial charge in [-0.3, -0.25) is 4.79 Å². The Bertz CT molecular complexity index is 772. The SMILES string of the molecule is CS(=O)(=O)c1ccccc1CC(=O)Nc1ccccc1Cl. The van der Waals surface area contributed by atoms with E-state index in [0.29, 0.717) is 16.3 Å². The van der Waals surface area contributed by atoms with Crippen molar-refractivity contribution in [1.82, 2.24) is 0 Å². The Labute approximate surface area is 128 Å². The molecule has 1 amide bonds. The summed E-state index contributed by atoms with van der Waals surface area (Å²) in [6.45, 7) is 0. The number of amides is 1. The third-order valence-corrected chi connectivity index (χ3v) is 4.40. The third kappa shape index (κ3) is 4.06. The molecule has 0 aliphatic carbocycles. The highest BCUT2D eigenvalue weighted by atomic mass is 35.5. The molecule has 0 atom stereocenters. The first-order valence-corrected chi connectivity index (χ1v) is 8.47. The Kier molecular flexibility index (Phi) is 4.65. The lowest BCUT2D eigenvalue weighted by atomic mass is 10.1. The van der Waals surface area contributed by atoms with Crippen LogP contribution in [0.2, 0.25) is 5.02 Å². The van der Waals surface area contributed by atoms with Gasteiger partial charge in [0.15, 0.2) is 9.84 Å². The van der Waals surface area contributed by atoms with E-state index in [-0.39, 0.29) is 17.2 Å². The molecule has 0 aromatic heterocycles. The summed E-state index contributed by atoms with van der Waals surface area (Å²) in [5.41, 5.74) is 0.963. The van der Waals surface area contributed by atoms with Crippen molar-refractivity contribution >= 4 is 33.0 Å². The van der Waals surface area contributed by atoms with Gasteiger partial charge in [-0.15, -0.1) is 0 Å². The maximum absolute atomic E-state index is 12.0. The summed E-state index contributed by atoms with van der Waals surface area (Å²) in [4.78, 5) is 12.2. The second-order valence-corrected chi connectivity index (χ2v) is 6.98. The van der Waals surface area contributed by atoms with E-state index in [1.54, 1.807) is 42.5 Å². The minimum absolute atomic E-state index is 0.0333. The fraction of sp³-hybridized carbons (Fsp3) is 0.133. The normalized spacial score (nSPS) is 11.1. The lowest BCUT2D eigenvalue weighted by Gasteiger charge is -2.09. The van der Waals surface area contributed by atoms with Gasteiger partial charge >= 0.3 is 0 Å². The first-order valence-electron chi connectivity index (χ1n) is 6.20. The van der Waals surface area contributed by atoms with E-state index in [1.165, 1.54) is 6.07 Å². The maximum atomic E-state index is 12.0. The van der Waals surface area contributed by atoms with Gasteiger partial charge in [-0.05, 0) is 23.8 Å². The molecule has 0 aliphatic rings. The number of carbonyl (C=O) groups is 1. The molecular weight excluding hydrogens is 310 g/mol. The largest absolute Gasteiger partial charge is 0.324 e. The number of para-hydroxylation sites is 1. The smallest absolute Gasteiger partial charge is 0.228 e. The minimum Gasteiger partial charge on any atom is -0.324 e. The van der Waals surface area contributed by atoms with Gasteiger partial charge < -0.3 is 5.32 Å². The first kappa shape index (κ1) is 15.5. The summed E-state index contributed by atoms with van der Waals surface area (Å²) in [5.74, 6) is -0.320. The highest BCUT2D eigenvalue weighted by Crippen LogP contribution is 2.21. The maximum Gasteiger partial charge on any atom is 0.228 e. The number of carbonyl (C=O) groups excluding carboxylic acids is 1. The highest BCUT2D eigenvalue weighted by Gasteiger charge is 2.15. The van der Waals surface area contributed by atoms with Crippen molar-refractivity contribution < 1.29 is 13.2 Å². The van der Waals surface area contributed by atoms with Crippen LogP contribution in [-0.4, -0.2) is 20.6 Å². The van der Waals surface area contributed by atoms with Crippen LogP contribution in [0.15, 0.2) is 53.4 Å². The number of rotatable bonds is 4. The standard InChI is InChI=1S/C15H14ClNO3S/c1-21(19,20)14-9-5-2-6-11(14)10-15(18)17-13-8-4-3-7-12(13)16/h2-9H,10H2,1H3,(H,17,18). The molecule has 6 heteroatoms. The molecule has 0 saturated heterocycles. The Hall–Kier alpha value is -1.85. The quantitative estimate of drug-likeness (QED) is 0.941. The van der Waals surface area contributed by atoms with Crippen LogP contribution in [0.1, 0.15) is 5.56 Å². The van der Waals surface area contributed by atoms with Gasteiger partial charge in [0.25, 0.3) is 0 Å². The van der Waals surface area contributed by atoms with Crippen LogP contribution in [0.4, 0.5) is 5.69 Å². The molecule has 21 heavy (non-hydrogen) atoms. The molecule has 0 fully saturated rings. The van der Waals surface area contributed by atoms with Gasteiger partial charge in [-0.2, -0.15) is 0 Å². The summed E-state index contributed by atoms with van der Waals surface area (Å²) in [6.07, 6.45) is 1.09. The average molecular weight is 324 g/mol. The van der Waals surface area contributed by atoms with Crippen molar-refractivity contribution in [2.75, 3.05) is 11.6 Å². The zero-order valence-corrected chi connectivity index (χ0v) is 12.9. The van der Waals surface area contributed by atoms with Gasteiger partial charge in [0.05, 0.1) is 22.0 Å². The van der Waals surface area contributed by atoms with Crippen LogP contribution in [0.3, 0.4) is 0 Å². The van der Waals surface area contributed by atoms with E-state index in [1.807, 2.05) is 0 Å². The number of halogens is 1. The minimum atomic E-state index is -3.37. The highest BCUT2D eigenvalue weighted by molar-refractivity contribution is 7.90. The predicted octanol–water partition coefficient (Wildman–Crippen LogP) is 2.92. The van der Waals surface area contributed by atoms with Crippen molar-refractivity contribution in [3.63, 3.8) is 0 Å². The van der Waals surface area contributed by atoms with Crippen LogP contribution in [0.25, 0.3) is 0 Å². The monoisotopic (exact) mass is 323 g/mol. The van der Waals surface area contributed by atoms with Crippen molar-refractivity contribution in [2.24, 2.45) is 0 Å². The van der Waals surface area contributed by atoms with Crippen LogP contribution in [0, 0.1) is 0 Å². The number of benzene rings is 2. The molecule has 4 nitrogen and oxygen atoms in total. The predicted molar refractivity (Wildman–Crippen MR) is 83.3 cm³/mol. The Balaban J connectivity index is 2.20. The summed E-state index contributed by atoms with van der Waals surface area (Å²) in [7, 11) is -3.37. The third-order valence-electron chi connectivity index (χ3n) is 2.87. The second-order valence-electron chi connectivity index (χ2n) is 4.58. The van der Waals surface area contributed by atoms with Crippen molar-refractivity contribution in [3.05, 3.63) is 59.1 Å². The lowest BCUT2D eigenvalue weighted by molar-refractivity contribution is -0.115. The molecule has 0 heterocycles. The molecular formula is C15H14ClNO3S. The summed E-state index contributed by atoms with van der Waals surface area (Å²) >= 11 is 5.96. The Morgan fingerprint density at radius 3 is 2.38 bits per heavy atom. The van der Waals surface area contributed by atoms with E-state index in [0.717, 1.165) is 6.26 Å². The molecule has 0 radical (unpaired) electrons. The number of sulfone groups is 1. The number of nitrogens with one attached hydrogen (secondary N) is 1. The van der Waals surface area contributed by atoms with Crippen LogP contribution in [-0.2, 0) is 21.1 Å². The lowest BCUT2D eigenvalue weighted by Crippen LogP contribution is -2.16. The topological polar surface area (TPSA) is 63.2 Å². The molecule has 0 spiro atoms. The van der Waals surface area contributed by atoms with E-state index < -0.39 is 9.84 Å². The summed E-state index contributed by atoms with van der Waals surface area (Å²) in [6, 6.07) is 13.3. The van der Waals surface area contributed by atoms with Crippen molar-refractivity contribution in [3.8, 4) is 0 Å². The number of anilines is 1. The molecule has 2 aromatic carbocycles. The molecule has 2 aromatic rings. The second kappa shape index (κ2) is 6.28. The van der Waals surface area contributed by atoms with Crippen molar-refractivity contribution in [2.45, 2.75) is 11.3 Å². The molecule has 0 aliphatic heterocycles. The summed E-state index contributed by atoms with van der Waals surface area (Å²) < 4.78 is 23.4. The molecule has 110 valence electrons. The molecule has 0 saturated carbocycles. The molecule has 0 unspecified atom stereocenters. The van der Waals surface area contributed by atoms with Gasteiger partial charge in [-0.25, -0.2) is 8.42 Å². The van der Waals surface area contributed by atoms with E-state index in [2.05, 4.69) is 5.32 Å². The van der Waals surface area contributed by atoms with E-state index >= 15 is 0 Å². The van der Waals surface area contributed by atoms with Gasteiger partial charge in [0.2, 0.25) is 5.91 Å². The van der Waals surface area contributed by atoms with Crippen LogP contribution < -0.4 is 5.32 Å². The Morgan fingerprint density at radius 1 is 1.10 bits per heavy atom. The zero-order valence-electron chi connectivity index (χ0n) is 11.3. The molecule has 1 N–H and O–H groups in total. The average Bonchev–Trinajstić information content (AvgIpc) is 2.41. The molecule has 2 rings (SSSR count). The van der Waals surface area contributed by atoms with Gasteiger partial charge in [-0.1, -0.05) is 41.9 Å². The van der Waals surface area contributed by atoms with Gasteiger partial charge in [0, 0.05) is 6.26 Å². The Morgan fingerprint density at radius 2 is 1.71 bits per heavy atom. The zero-order chi connectivity index (χ0) is 15.5. The fourth-order valence-corrected chi connectivity index (χ4v) is 3.07. The van der Waals surface area contributed by atoms with Gasteiger partial charge in [0.1, 0.15) is 0 Å². The van der Waals surface area contributed by atoms with Crippen LogP contribution in [0.5, 0.6) is 0 Å².